The third kappa shape index (κ3) is 5.60. The van der Waals surface area contributed by atoms with Gasteiger partial charge in [0.25, 0.3) is 0 Å². The number of ether oxygens (including phenoxy) is 2. The fourth-order valence-electron chi connectivity index (χ4n) is 2.46. The van der Waals surface area contributed by atoms with Gasteiger partial charge in [-0.2, -0.15) is 18.3 Å². The van der Waals surface area contributed by atoms with E-state index in [0.717, 1.165) is 12.1 Å². The Hall–Kier alpha value is -3.41. The van der Waals surface area contributed by atoms with E-state index < -0.39 is 41.5 Å². The maximum absolute atomic E-state index is 13.6. The zero-order valence-corrected chi connectivity index (χ0v) is 15.7. The average Bonchev–Trinajstić information content (AvgIpc) is 3.06. The number of rotatable bonds is 4. The van der Waals surface area contributed by atoms with E-state index in [2.05, 4.69) is 14.6 Å². The number of carbonyl (C=O) groups excluding carboxylic acids is 1. The summed E-state index contributed by atoms with van der Waals surface area (Å²) in [6, 6.07) is 9.63. The summed E-state index contributed by atoms with van der Waals surface area (Å²) in [6.45, 7) is 0. The molecule has 3 aromatic rings. The predicted octanol–water partition coefficient (Wildman–Crippen LogP) is 6.05. The first-order valence-electron chi connectivity index (χ1n) is 8.19. The van der Waals surface area contributed by atoms with Gasteiger partial charge in [-0.05, 0) is 36.4 Å². The van der Waals surface area contributed by atoms with Crippen LogP contribution in [0.3, 0.4) is 0 Å². The molecule has 0 aliphatic heterocycles. The molecule has 1 amide bonds. The molecule has 0 aliphatic carbocycles. The van der Waals surface area contributed by atoms with Crippen LogP contribution in [0.25, 0.3) is 5.69 Å². The quantitative estimate of drug-likeness (QED) is 0.476. The van der Waals surface area contributed by atoms with Crippen molar-refractivity contribution in [2.75, 3.05) is 5.32 Å². The number of benzene rings is 2. The number of nitrogens with one attached hydrogen (secondary N) is 1. The van der Waals surface area contributed by atoms with E-state index in [4.69, 9.17) is 11.6 Å². The molecule has 0 radical (unpaired) electrons. The smallest absolute Gasteiger partial charge is 0.406 e. The van der Waals surface area contributed by atoms with Crippen LogP contribution < -0.4 is 14.8 Å². The number of hydrogen-bond donors (Lipinski definition) is 1. The Labute approximate surface area is 174 Å². The van der Waals surface area contributed by atoms with Gasteiger partial charge in [-0.15, -0.1) is 13.2 Å². The molecule has 31 heavy (non-hydrogen) atoms. The largest absolute Gasteiger partial charge is 0.573 e. The van der Waals surface area contributed by atoms with E-state index in [1.54, 1.807) is 0 Å². The molecule has 0 bridgehead atoms. The lowest BCUT2D eigenvalue weighted by molar-refractivity contribution is -0.274. The lowest BCUT2D eigenvalue weighted by atomic mass is 10.3. The van der Waals surface area contributed by atoms with Crippen LogP contribution in [0.5, 0.6) is 11.5 Å². The van der Waals surface area contributed by atoms with Crippen LogP contribution >= 0.6 is 11.6 Å². The SMILES string of the molecule is O=C(Nc1ccccc1OC(F)(F)F)Oc1cnn(-c2ccc(Cl)cc2)c1C(F)(F)F. The third-order valence-electron chi connectivity index (χ3n) is 3.63. The van der Waals surface area contributed by atoms with Crippen LogP contribution in [0.4, 0.5) is 36.8 Å². The number of aromatic nitrogens is 2. The topological polar surface area (TPSA) is 65.4 Å². The number of amides is 1. The fraction of sp³-hybridized carbons (Fsp3) is 0.111. The lowest BCUT2D eigenvalue weighted by Gasteiger charge is -2.15. The lowest BCUT2D eigenvalue weighted by Crippen LogP contribution is -2.22. The van der Waals surface area contributed by atoms with Gasteiger partial charge in [-0.25, -0.2) is 9.48 Å². The molecule has 0 aliphatic rings. The van der Waals surface area contributed by atoms with Crippen LogP contribution in [0, 0.1) is 0 Å². The Balaban J connectivity index is 1.87. The fourth-order valence-corrected chi connectivity index (χ4v) is 2.59. The van der Waals surface area contributed by atoms with Crippen molar-refractivity contribution >= 4 is 23.4 Å². The van der Waals surface area contributed by atoms with E-state index >= 15 is 0 Å². The van der Waals surface area contributed by atoms with E-state index in [-0.39, 0.29) is 10.7 Å². The molecule has 13 heteroatoms. The van der Waals surface area contributed by atoms with Crippen LogP contribution in [-0.4, -0.2) is 22.2 Å². The van der Waals surface area contributed by atoms with Crippen LogP contribution in [0.2, 0.25) is 5.02 Å². The van der Waals surface area contributed by atoms with Crippen molar-refractivity contribution in [1.29, 1.82) is 0 Å². The predicted molar refractivity (Wildman–Crippen MR) is 96.3 cm³/mol. The van der Waals surface area contributed by atoms with Crippen molar-refractivity contribution in [3.63, 3.8) is 0 Å². The van der Waals surface area contributed by atoms with Gasteiger partial charge in [0, 0.05) is 5.02 Å². The van der Waals surface area contributed by atoms with Crippen LogP contribution in [0.1, 0.15) is 5.69 Å². The normalized spacial score (nSPS) is 11.8. The Bertz CT molecular complexity index is 1080. The summed E-state index contributed by atoms with van der Waals surface area (Å²) in [5.74, 6) is -1.74. The van der Waals surface area contributed by atoms with Crippen molar-refractivity contribution < 1.29 is 40.6 Å². The second kappa shape index (κ2) is 8.38. The highest BCUT2D eigenvalue weighted by Crippen LogP contribution is 2.38. The molecule has 6 nitrogen and oxygen atoms in total. The van der Waals surface area contributed by atoms with E-state index in [1.807, 2.05) is 5.32 Å². The zero-order chi connectivity index (χ0) is 22.8. The zero-order valence-electron chi connectivity index (χ0n) is 15.0. The van der Waals surface area contributed by atoms with E-state index in [0.29, 0.717) is 10.9 Å². The highest BCUT2D eigenvalue weighted by atomic mass is 35.5. The molecule has 0 fully saturated rings. The minimum atomic E-state index is -5.05. The molecule has 3 rings (SSSR count). The van der Waals surface area contributed by atoms with Gasteiger partial charge < -0.3 is 9.47 Å². The molecule has 0 atom stereocenters. The molecular formula is C18H10ClF6N3O3. The Morgan fingerprint density at radius 1 is 0.968 bits per heavy atom. The van der Waals surface area contributed by atoms with Crippen molar-refractivity contribution in [3.05, 3.63) is 65.4 Å². The highest BCUT2D eigenvalue weighted by molar-refractivity contribution is 6.30. The van der Waals surface area contributed by atoms with Crippen LogP contribution in [0.15, 0.2) is 54.7 Å². The number of para-hydroxylation sites is 2. The Morgan fingerprint density at radius 3 is 2.23 bits per heavy atom. The highest BCUT2D eigenvalue weighted by Gasteiger charge is 2.40. The minimum absolute atomic E-state index is 0.0177. The molecular weight excluding hydrogens is 456 g/mol. The number of nitrogens with zero attached hydrogens (tertiary/aromatic N) is 2. The van der Waals surface area contributed by atoms with Gasteiger partial charge in [0.15, 0.2) is 17.2 Å². The first-order chi connectivity index (χ1) is 14.4. The summed E-state index contributed by atoms with van der Waals surface area (Å²) in [5, 5.41) is 5.77. The van der Waals surface area contributed by atoms with Crippen molar-refractivity contribution in [2.24, 2.45) is 0 Å². The summed E-state index contributed by atoms with van der Waals surface area (Å²) >= 11 is 5.72. The van der Waals surface area contributed by atoms with Gasteiger partial charge in [-0.3, -0.25) is 5.32 Å². The first-order valence-corrected chi connectivity index (χ1v) is 8.56. The Kier molecular flexibility index (Phi) is 6.02. The summed E-state index contributed by atoms with van der Waals surface area (Å²) in [4.78, 5) is 12.1. The first kappa shape index (κ1) is 22.3. The van der Waals surface area contributed by atoms with Crippen molar-refractivity contribution in [2.45, 2.75) is 12.5 Å². The average molecular weight is 466 g/mol. The van der Waals surface area contributed by atoms with E-state index in [1.165, 1.54) is 36.4 Å². The Morgan fingerprint density at radius 2 is 1.61 bits per heavy atom. The second-order valence-electron chi connectivity index (χ2n) is 5.80. The molecule has 164 valence electrons. The summed E-state index contributed by atoms with van der Waals surface area (Å²) < 4.78 is 87.1. The summed E-state index contributed by atoms with van der Waals surface area (Å²) in [7, 11) is 0. The minimum Gasteiger partial charge on any atom is -0.406 e. The standard InChI is InChI=1S/C18H10ClF6N3O3/c19-10-5-7-11(8-6-10)28-15(17(20,21)22)14(9-26-28)30-16(29)27-12-3-1-2-4-13(12)31-18(23,24)25/h1-9H,(H,27,29). The van der Waals surface area contributed by atoms with Crippen LogP contribution in [-0.2, 0) is 6.18 Å². The van der Waals surface area contributed by atoms with Gasteiger partial charge in [0.1, 0.15) is 0 Å². The molecule has 0 saturated carbocycles. The molecule has 1 N–H and O–H groups in total. The molecule has 1 aromatic heterocycles. The molecule has 0 unspecified atom stereocenters. The summed E-state index contributed by atoms with van der Waals surface area (Å²) in [6.07, 6.45) is -10.9. The number of alkyl halides is 6. The monoisotopic (exact) mass is 465 g/mol. The number of anilines is 1. The third-order valence-corrected chi connectivity index (χ3v) is 3.88. The van der Waals surface area contributed by atoms with Gasteiger partial charge >= 0.3 is 18.6 Å². The molecule has 0 spiro atoms. The summed E-state index contributed by atoms with van der Waals surface area (Å²) in [5.41, 5.74) is -1.90. The second-order valence-corrected chi connectivity index (χ2v) is 6.24. The number of hydrogen-bond acceptors (Lipinski definition) is 4. The maximum Gasteiger partial charge on any atom is 0.573 e. The van der Waals surface area contributed by atoms with E-state index in [9.17, 15) is 31.1 Å². The van der Waals surface area contributed by atoms with Crippen molar-refractivity contribution in [3.8, 4) is 17.2 Å². The van der Waals surface area contributed by atoms with Gasteiger partial charge in [0.2, 0.25) is 0 Å². The number of halogens is 7. The van der Waals surface area contributed by atoms with Gasteiger partial charge in [-0.1, -0.05) is 23.7 Å². The number of carbonyl (C=O) groups is 1. The van der Waals surface area contributed by atoms with Crippen molar-refractivity contribution in [1.82, 2.24) is 9.78 Å². The maximum atomic E-state index is 13.6. The van der Waals surface area contributed by atoms with Gasteiger partial charge in [0.05, 0.1) is 17.6 Å². The molecule has 0 saturated heterocycles. The molecule has 1 heterocycles. The molecule has 2 aromatic carbocycles.